The highest BCUT2D eigenvalue weighted by Gasteiger charge is 2.19. The number of nitrogens with zero attached hydrogens (tertiary/aromatic N) is 1. The first-order valence-corrected chi connectivity index (χ1v) is 9.46. The fourth-order valence-corrected chi connectivity index (χ4v) is 3.55. The van der Waals surface area contributed by atoms with Crippen molar-refractivity contribution in [2.24, 2.45) is 10.8 Å². The lowest BCUT2D eigenvalue weighted by molar-refractivity contribution is 0.249. The number of sulfone groups is 1. The van der Waals surface area contributed by atoms with Gasteiger partial charge in [-0.2, -0.15) is 5.10 Å². The summed E-state index contributed by atoms with van der Waals surface area (Å²) in [6.07, 6.45) is 0. The van der Waals surface area contributed by atoms with Crippen LogP contribution in [-0.4, -0.2) is 25.9 Å². The summed E-state index contributed by atoms with van der Waals surface area (Å²) in [5.74, 6) is -0.406. The molecule has 24 heavy (non-hydrogen) atoms. The van der Waals surface area contributed by atoms with E-state index in [2.05, 4.69) is 26.5 Å². The molecule has 2 aromatic rings. The molecule has 2 aromatic carbocycles. The Hall–Kier alpha value is -1.90. The number of carbonyl (C=O) groups is 1. The molecule has 0 aromatic heterocycles. The van der Waals surface area contributed by atoms with Crippen LogP contribution in [0, 0.1) is 0 Å². The summed E-state index contributed by atoms with van der Waals surface area (Å²) < 4.78 is 26.0. The lowest BCUT2D eigenvalue weighted by atomic mass is 10.1. The van der Waals surface area contributed by atoms with Gasteiger partial charge in [-0.15, -0.1) is 0 Å². The molecule has 0 spiro atoms. The summed E-state index contributed by atoms with van der Waals surface area (Å²) in [5.41, 5.74) is 7.79. The summed E-state index contributed by atoms with van der Waals surface area (Å²) in [6, 6.07) is 11.8. The second-order valence-electron chi connectivity index (χ2n) is 4.75. The van der Waals surface area contributed by atoms with Crippen molar-refractivity contribution in [2.45, 2.75) is 4.90 Å². The fraction of sp³-hybridized carbons (Fsp3) is 0.0667. The fourth-order valence-electron chi connectivity index (χ4n) is 1.85. The van der Waals surface area contributed by atoms with Crippen LogP contribution in [0.3, 0.4) is 0 Å². The second kappa shape index (κ2) is 7.78. The third-order valence-corrected chi connectivity index (χ3v) is 5.40. The predicted octanol–water partition coefficient (Wildman–Crippen LogP) is 2.95. The van der Waals surface area contributed by atoms with Gasteiger partial charge in [-0.1, -0.05) is 39.7 Å². The molecule has 0 heterocycles. The molecule has 2 amide bonds. The molecule has 0 aliphatic carbocycles. The van der Waals surface area contributed by atoms with E-state index < -0.39 is 21.6 Å². The van der Waals surface area contributed by atoms with Crippen molar-refractivity contribution in [3.05, 3.63) is 63.6 Å². The molecule has 3 N–H and O–H groups in total. The SMILES string of the molecule is NC(=O)N/N=C(\CS(=O)(=O)c1ccc(Cl)cc1)c1ccc(Br)cc1. The second-order valence-corrected chi connectivity index (χ2v) is 8.10. The van der Waals surface area contributed by atoms with E-state index >= 15 is 0 Å². The molecule has 0 unspecified atom stereocenters. The molecule has 0 aliphatic heterocycles. The van der Waals surface area contributed by atoms with Crippen LogP contribution in [-0.2, 0) is 9.84 Å². The van der Waals surface area contributed by atoms with E-state index in [-0.39, 0.29) is 10.6 Å². The Kier molecular flexibility index (Phi) is 5.98. The quantitative estimate of drug-likeness (QED) is 0.563. The number of benzene rings is 2. The highest BCUT2D eigenvalue weighted by atomic mass is 79.9. The molecular formula is C15H13BrClN3O3S. The summed E-state index contributed by atoms with van der Waals surface area (Å²) in [4.78, 5) is 11.0. The number of nitrogens with one attached hydrogen (secondary N) is 1. The van der Waals surface area contributed by atoms with Crippen molar-refractivity contribution in [3.8, 4) is 0 Å². The number of hydrazone groups is 1. The molecule has 0 bridgehead atoms. The minimum absolute atomic E-state index is 0.107. The molecule has 6 nitrogen and oxygen atoms in total. The number of hydrogen-bond acceptors (Lipinski definition) is 4. The topological polar surface area (TPSA) is 102 Å². The zero-order chi connectivity index (χ0) is 17.7. The maximum Gasteiger partial charge on any atom is 0.332 e. The molecule has 0 fully saturated rings. The van der Waals surface area contributed by atoms with Crippen LogP contribution in [0.2, 0.25) is 5.02 Å². The van der Waals surface area contributed by atoms with Crippen molar-refractivity contribution in [1.82, 2.24) is 5.43 Å². The maximum absolute atomic E-state index is 12.6. The molecule has 0 saturated heterocycles. The number of urea groups is 1. The Bertz CT molecular complexity index is 866. The standard InChI is InChI=1S/C15H13BrClN3O3S/c16-11-3-1-10(2-4-11)14(19-20-15(18)21)9-24(22,23)13-7-5-12(17)6-8-13/h1-8H,9H2,(H3,18,20,21)/b19-14+. The van der Waals surface area contributed by atoms with Crippen LogP contribution >= 0.6 is 27.5 Å². The van der Waals surface area contributed by atoms with Crippen molar-refractivity contribution < 1.29 is 13.2 Å². The van der Waals surface area contributed by atoms with Crippen LogP contribution < -0.4 is 11.2 Å². The van der Waals surface area contributed by atoms with Gasteiger partial charge in [-0.05, 0) is 42.0 Å². The van der Waals surface area contributed by atoms with Gasteiger partial charge in [-0.3, -0.25) is 0 Å². The summed E-state index contributed by atoms with van der Waals surface area (Å²) >= 11 is 9.08. The number of rotatable bonds is 5. The number of nitrogens with two attached hydrogens (primary N) is 1. The summed E-state index contributed by atoms with van der Waals surface area (Å²) in [6.45, 7) is 0. The van der Waals surface area contributed by atoms with E-state index in [0.717, 1.165) is 4.47 Å². The Morgan fingerprint density at radius 2 is 1.71 bits per heavy atom. The first kappa shape index (κ1) is 18.4. The van der Waals surface area contributed by atoms with Gasteiger partial charge in [0.15, 0.2) is 9.84 Å². The Morgan fingerprint density at radius 1 is 1.12 bits per heavy atom. The Morgan fingerprint density at radius 3 is 2.25 bits per heavy atom. The Balaban J connectivity index is 2.37. The number of hydrogen-bond donors (Lipinski definition) is 2. The van der Waals surface area contributed by atoms with Gasteiger partial charge < -0.3 is 5.73 Å². The van der Waals surface area contributed by atoms with Crippen molar-refractivity contribution in [3.63, 3.8) is 0 Å². The number of carbonyl (C=O) groups excluding carboxylic acids is 1. The van der Waals surface area contributed by atoms with Gasteiger partial charge in [-0.25, -0.2) is 18.6 Å². The van der Waals surface area contributed by atoms with Crippen molar-refractivity contribution in [2.75, 3.05) is 5.75 Å². The van der Waals surface area contributed by atoms with E-state index in [9.17, 15) is 13.2 Å². The number of halogens is 2. The molecular weight excluding hydrogens is 418 g/mol. The number of amides is 2. The lowest BCUT2D eigenvalue weighted by Crippen LogP contribution is -2.28. The molecule has 2 rings (SSSR count). The average Bonchev–Trinajstić information content (AvgIpc) is 2.52. The Labute approximate surface area is 152 Å². The third-order valence-electron chi connectivity index (χ3n) is 2.98. The number of primary amides is 1. The summed E-state index contributed by atoms with van der Waals surface area (Å²) in [5, 5.41) is 4.26. The molecule has 0 atom stereocenters. The maximum atomic E-state index is 12.6. The highest BCUT2D eigenvalue weighted by molar-refractivity contribution is 9.10. The first-order chi connectivity index (χ1) is 11.3. The van der Waals surface area contributed by atoms with Gasteiger partial charge in [0, 0.05) is 9.50 Å². The van der Waals surface area contributed by atoms with Crippen LogP contribution in [0.15, 0.2) is 63.0 Å². The largest absolute Gasteiger partial charge is 0.350 e. The first-order valence-electron chi connectivity index (χ1n) is 6.64. The van der Waals surface area contributed by atoms with Gasteiger partial charge in [0.1, 0.15) is 0 Å². The van der Waals surface area contributed by atoms with Crippen LogP contribution in [0.5, 0.6) is 0 Å². The minimum atomic E-state index is -3.68. The summed E-state index contributed by atoms with van der Waals surface area (Å²) in [7, 11) is -3.68. The van der Waals surface area contributed by atoms with E-state index in [1.807, 2.05) is 0 Å². The van der Waals surface area contributed by atoms with Crippen molar-refractivity contribution in [1.29, 1.82) is 0 Å². The monoisotopic (exact) mass is 429 g/mol. The van der Waals surface area contributed by atoms with Crippen LogP contribution in [0.25, 0.3) is 0 Å². The van der Waals surface area contributed by atoms with E-state index in [1.165, 1.54) is 24.3 Å². The van der Waals surface area contributed by atoms with Gasteiger partial charge >= 0.3 is 6.03 Å². The zero-order valence-electron chi connectivity index (χ0n) is 12.2. The average molecular weight is 431 g/mol. The van der Waals surface area contributed by atoms with Crippen LogP contribution in [0.4, 0.5) is 4.79 Å². The highest BCUT2D eigenvalue weighted by Crippen LogP contribution is 2.18. The van der Waals surface area contributed by atoms with Gasteiger partial charge in [0.05, 0.1) is 16.4 Å². The smallest absolute Gasteiger partial charge is 0.332 e. The lowest BCUT2D eigenvalue weighted by Gasteiger charge is -2.09. The van der Waals surface area contributed by atoms with E-state index in [1.54, 1.807) is 24.3 Å². The molecule has 9 heteroatoms. The molecule has 0 saturated carbocycles. The molecule has 126 valence electrons. The molecule has 0 radical (unpaired) electrons. The predicted molar refractivity (Wildman–Crippen MR) is 96.9 cm³/mol. The van der Waals surface area contributed by atoms with Gasteiger partial charge in [0.25, 0.3) is 0 Å². The van der Waals surface area contributed by atoms with E-state index in [0.29, 0.717) is 10.6 Å². The normalized spacial score (nSPS) is 12.0. The minimum Gasteiger partial charge on any atom is -0.350 e. The third kappa shape index (κ3) is 5.05. The molecule has 0 aliphatic rings. The zero-order valence-corrected chi connectivity index (χ0v) is 15.4. The van der Waals surface area contributed by atoms with Gasteiger partial charge in [0.2, 0.25) is 0 Å². The van der Waals surface area contributed by atoms with Crippen molar-refractivity contribution >= 4 is 49.1 Å². The van der Waals surface area contributed by atoms with E-state index in [4.69, 9.17) is 17.3 Å². The van der Waals surface area contributed by atoms with Crippen LogP contribution in [0.1, 0.15) is 5.56 Å².